The molecular weight excluding hydrogens is 482 g/mol. The van der Waals surface area contributed by atoms with Crippen molar-refractivity contribution in [2.24, 2.45) is 10.7 Å². The Kier molecular flexibility index (Phi) is 8.83. The zero-order valence-electron chi connectivity index (χ0n) is 20.9. The van der Waals surface area contributed by atoms with Crippen molar-refractivity contribution in [2.75, 3.05) is 50.4 Å². The summed E-state index contributed by atoms with van der Waals surface area (Å²) < 4.78 is 0. The van der Waals surface area contributed by atoms with Crippen LogP contribution in [0.2, 0.25) is 5.15 Å². The molecule has 6 N–H and O–H groups in total. The van der Waals surface area contributed by atoms with Crippen molar-refractivity contribution in [3.05, 3.63) is 45.5 Å². The van der Waals surface area contributed by atoms with Gasteiger partial charge in [-0.25, -0.2) is 4.98 Å². The predicted molar refractivity (Wildman–Crippen MR) is 144 cm³/mol. The molecule has 0 spiro atoms. The number of nitrogens with zero attached hydrogens (tertiary/aromatic N) is 5. The molecule has 0 saturated heterocycles. The number of H-pyrrole nitrogens is 1. The number of carbonyl (C=O) groups is 2. The first-order chi connectivity index (χ1) is 17.2. The third kappa shape index (κ3) is 5.74. The maximum Gasteiger partial charge on any atom is 0.260 e. The van der Waals surface area contributed by atoms with Crippen molar-refractivity contribution in [3.63, 3.8) is 0 Å². The standard InChI is InChI=1S/C24H32ClN9O2/c1-5-33(6-2)10-9-29-22(35)17-12-30-18(14(17)3)11-16-19-20(25)31-24(27)32-21(19)34(23(16)36)13-15(26)7-8-28-4/h7-8,11-12,30H,5-6,9-10,13,26H2,1-4H3,(H,29,35)(H2,27,31,32). The summed E-state index contributed by atoms with van der Waals surface area (Å²) in [5.41, 5.74) is 14.7. The zero-order chi connectivity index (χ0) is 26.4. The average Bonchev–Trinajstić information content (AvgIpc) is 3.33. The summed E-state index contributed by atoms with van der Waals surface area (Å²) in [6.45, 7) is 9.19. The van der Waals surface area contributed by atoms with Crippen LogP contribution in [0.1, 0.15) is 41.0 Å². The smallest absolute Gasteiger partial charge is 0.260 e. The van der Waals surface area contributed by atoms with Crippen LogP contribution in [0.25, 0.3) is 11.6 Å². The van der Waals surface area contributed by atoms with E-state index in [0.717, 1.165) is 19.6 Å². The number of nitrogens with two attached hydrogens (primary N) is 2. The second kappa shape index (κ2) is 11.8. The van der Waals surface area contributed by atoms with Gasteiger partial charge in [-0.2, -0.15) is 4.98 Å². The summed E-state index contributed by atoms with van der Waals surface area (Å²) in [7, 11) is 1.62. The van der Waals surface area contributed by atoms with Gasteiger partial charge in [0.2, 0.25) is 5.95 Å². The monoisotopic (exact) mass is 513 g/mol. The van der Waals surface area contributed by atoms with Crippen molar-refractivity contribution in [2.45, 2.75) is 20.8 Å². The van der Waals surface area contributed by atoms with Gasteiger partial charge in [0.15, 0.2) is 5.82 Å². The van der Waals surface area contributed by atoms with Crippen LogP contribution >= 0.6 is 11.6 Å². The highest BCUT2D eigenvalue weighted by Gasteiger charge is 2.37. The second-order valence-electron chi connectivity index (χ2n) is 8.19. The van der Waals surface area contributed by atoms with Crippen LogP contribution in [0.15, 0.2) is 23.0 Å². The number of anilines is 2. The molecule has 0 radical (unpaired) electrons. The number of aliphatic imine (C=N–C) groups is 1. The Morgan fingerprint density at radius 1 is 1.33 bits per heavy atom. The molecule has 0 bridgehead atoms. The van der Waals surface area contributed by atoms with Gasteiger partial charge in [0.05, 0.1) is 23.2 Å². The molecule has 1 aliphatic heterocycles. The summed E-state index contributed by atoms with van der Waals surface area (Å²) in [5, 5.41) is 3.00. The fraction of sp³-hybridized carbons (Fsp3) is 0.375. The third-order valence-corrected chi connectivity index (χ3v) is 6.24. The predicted octanol–water partition coefficient (Wildman–Crippen LogP) is 1.85. The van der Waals surface area contributed by atoms with E-state index in [9.17, 15) is 9.59 Å². The fourth-order valence-electron chi connectivity index (χ4n) is 3.90. The summed E-state index contributed by atoms with van der Waals surface area (Å²) in [4.78, 5) is 45.0. The minimum atomic E-state index is -0.365. The highest BCUT2D eigenvalue weighted by Crippen LogP contribution is 2.40. The van der Waals surface area contributed by atoms with Crippen LogP contribution in [-0.4, -0.2) is 77.7 Å². The number of rotatable bonds is 10. The van der Waals surface area contributed by atoms with Gasteiger partial charge in [-0.3, -0.25) is 19.5 Å². The summed E-state index contributed by atoms with van der Waals surface area (Å²) in [6, 6.07) is 0. The zero-order valence-corrected chi connectivity index (χ0v) is 21.7. The van der Waals surface area contributed by atoms with E-state index in [-0.39, 0.29) is 40.9 Å². The molecule has 3 rings (SSSR count). The highest BCUT2D eigenvalue weighted by molar-refractivity contribution is 6.41. The van der Waals surface area contributed by atoms with Crippen molar-refractivity contribution in [1.29, 1.82) is 0 Å². The molecule has 0 atom stereocenters. The number of fused-ring (bicyclic) bond motifs is 1. The van der Waals surface area contributed by atoms with Gasteiger partial charge in [0.25, 0.3) is 11.8 Å². The molecule has 0 unspecified atom stereocenters. The maximum atomic E-state index is 13.4. The van der Waals surface area contributed by atoms with Crippen molar-refractivity contribution in [1.82, 2.24) is 25.2 Å². The topological polar surface area (TPSA) is 159 Å². The molecule has 0 fully saturated rings. The highest BCUT2D eigenvalue weighted by atomic mass is 35.5. The molecule has 0 aliphatic carbocycles. The Bertz CT molecular complexity index is 1230. The lowest BCUT2D eigenvalue weighted by Crippen LogP contribution is -2.34. The first kappa shape index (κ1) is 26.9. The summed E-state index contributed by atoms with van der Waals surface area (Å²) in [5.74, 6) is -0.344. The third-order valence-electron chi connectivity index (χ3n) is 5.96. The molecule has 0 saturated carbocycles. The van der Waals surface area contributed by atoms with E-state index < -0.39 is 0 Å². The average molecular weight is 514 g/mol. The van der Waals surface area contributed by atoms with Crippen LogP contribution in [-0.2, 0) is 4.79 Å². The summed E-state index contributed by atoms with van der Waals surface area (Å²) in [6.07, 6.45) is 6.40. The van der Waals surface area contributed by atoms with Gasteiger partial charge in [-0.1, -0.05) is 25.4 Å². The normalized spacial score (nSPS) is 14.9. The number of hydrogen-bond donors (Lipinski definition) is 4. The Morgan fingerprint density at radius 2 is 2.06 bits per heavy atom. The van der Waals surface area contributed by atoms with Crippen LogP contribution in [0.4, 0.5) is 11.8 Å². The first-order valence-corrected chi connectivity index (χ1v) is 12.0. The number of amides is 2. The molecule has 11 nitrogen and oxygen atoms in total. The van der Waals surface area contributed by atoms with Crippen LogP contribution in [0.3, 0.4) is 0 Å². The van der Waals surface area contributed by atoms with Crippen LogP contribution in [0, 0.1) is 6.92 Å². The number of aromatic amines is 1. The van der Waals surface area contributed by atoms with E-state index in [0.29, 0.717) is 34.6 Å². The van der Waals surface area contributed by atoms with Crippen molar-refractivity contribution in [3.8, 4) is 0 Å². The first-order valence-electron chi connectivity index (χ1n) is 11.6. The van der Waals surface area contributed by atoms with Gasteiger partial charge >= 0.3 is 0 Å². The molecular formula is C24H32ClN9O2. The molecule has 0 aromatic carbocycles. The van der Waals surface area contributed by atoms with E-state index in [1.807, 2.05) is 6.92 Å². The van der Waals surface area contributed by atoms with E-state index in [1.165, 1.54) is 11.1 Å². The number of aromatic nitrogens is 3. The molecule has 12 heteroatoms. The van der Waals surface area contributed by atoms with E-state index in [1.54, 1.807) is 25.4 Å². The van der Waals surface area contributed by atoms with E-state index in [4.69, 9.17) is 23.1 Å². The lowest BCUT2D eigenvalue weighted by Gasteiger charge is -2.17. The minimum absolute atomic E-state index is 0.0517. The van der Waals surface area contributed by atoms with Crippen molar-refractivity contribution >= 4 is 53.0 Å². The number of allylic oxidation sites excluding steroid dienone is 1. The Labute approximate surface area is 215 Å². The molecule has 1 aliphatic rings. The molecule has 2 aromatic rings. The van der Waals surface area contributed by atoms with Crippen LogP contribution < -0.4 is 21.7 Å². The molecule has 2 amide bonds. The van der Waals surface area contributed by atoms with Gasteiger partial charge in [0.1, 0.15) is 5.15 Å². The van der Waals surface area contributed by atoms with Crippen molar-refractivity contribution < 1.29 is 9.59 Å². The number of hydrogen-bond acceptors (Lipinski definition) is 8. The quantitative estimate of drug-likeness (QED) is 0.214. The van der Waals surface area contributed by atoms with Gasteiger partial charge < -0.3 is 26.7 Å². The van der Waals surface area contributed by atoms with Gasteiger partial charge in [-0.15, -0.1) is 0 Å². The number of nitrogen functional groups attached to an aromatic ring is 1. The largest absolute Gasteiger partial charge is 0.401 e. The second-order valence-corrected chi connectivity index (χ2v) is 8.55. The summed E-state index contributed by atoms with van der Waals surface area (Å²) >= 11 is 6.39. The molecule has 36 heavy (non-hydrogen) atoms. The molecule has 2 aromatic heterocycles. The minimum Gasteiger partial charge on any atom is -0.401 e. The van der Waals surface area contributed by atoms with E-state index >= 15 is 0 Å². The van der Waals surface area contributed by atoms with E-state index in [2.05, 4.69) is 44.0 Å². The lowest BCUT2D eigenvalue weighted by atomic mass is 10.1. The van der Waals surface area contributed by atoms with Crippen LogP contribution in [0.5, 0.6) is 0 Å². The molecule has 3 heterocycles. The van der Waals surface area contributed by atoms with Gasteiger partial charge in [-0.05, 0) is 37.7 Å². The lowest BCUT2D eigenvalue weighted by molar-refractivity contribution is -0.112. The fourth-order valence-corrected chi connectivity index (χ4v) is 4.18. The van der Waals surface area contributed by atoms with Gasteiger partial charge in [0, 0.05) is 43.9 Å². The Hall–Kier alpha value is -3.70. The number of nitrogens with one attached hydrogen (secondary N) is 2. The number of likely N-dealkylation sites (N-methyl/N-ethyl adjacent to an activating group) is 1. The molecule has 192 valence electrons. The SMILES string of the molecule is CCN(CC)CCNC(=O)c1c[nH]c(C=C2C(=O)N(CC(N)=CC=NC)c3nc(N)nc(Cl)c32)c1C. The Balaban J connectivity index is 1.91. The maximum absolute atomic E-state index is 13.4. The number of halogens is 1. The Morgan fingerprint density at radius 3 is 2.72 bits per heavy atom. The number of carbonyl (C=O) groups excluding carboxylic acids is 2.